The molecule has 5 aromatic rings. The van der Waals surface area contributed by atoms with Gasteiger partial charge in [-0.2, -0.15) is 4.57 Å². The van der Waals surface area contributed by atoms with Crippen molar-refractivity contribution >= 4 is 32.8 Å². The van der Waals surface area contributed by atoms with Crippen LogP contribution in [-0.2, 0) is 14.1 Å². The summed E-state index contributed by atoms with van der Waals surface area (Å²) < 4.78 is 7.48. The first kappa shape index (κ1) is 24.6. The molecule has 0 spiro atoms. The molecule has 36 heavy (non-hydrogen) atoms. The second kappa shape index (κ2) is 7.71. The van der Waals surface area contributed by atoms with Gasteiger partial charge in [0, 0.05) is 10.8 Å². The predicted octanol–water partition coefficient (Wildman–Crippen LogP) is 7.80. The number of nitrogens with zero attached hydrogens (tertiary/aromatic N) is 3. The molecule has 3 aromatic carbocycles. The number of benzene rings is 3. The van der Waals surface area contributed by atoms with E-state index in [4.69, 9.17) is 0 Å². The Morgan fingerprint density at radius 1 is 0.417 bits per heavy atom. The van der Waals surface area contributed by atoms with Crippen LogP contribution >= 0.6 is 0 Å². The zero-order valence-electron chi connectivity index (χ0n) is 24.8. The minimum atomic E-state index is 1.22. The standard InChI is InChI=1S/C33H42N3/c1-15-17(3)23(9)29-27(21(15)7)28-22(8)16(2)18(4)24(10)30(28)36(29)33-34(13)31-25(11)19(5)20(6)26(12)32(31)35(33)14/h1-14H3/q+1. The van der Waals surface area contributed by atoms with Gasteiger partial charge in [-0.05, 0) is 150 Å². The molecule has 3 nitrogen and oxygen atoms in total. The van der Waals surface area contributed by atoms with Gasteiger partial charge in [-0.15, -0.1) is 0 Å². The fourth-order valence-corrected chi connectivity index (χ4v) is 6.89. The normalized spacial score (nSPS) is 12.2. The van der Waals surface area contributed by atoms with E-state index in [-0.39, 0.29) is 0 Å². The maximum Gasteiger partial charge on any atom is 0.370 e. The lowest BCUT2D eigenvalue weighted by atomic mass is 9.90. The fourth-order valence-electron chi connectivity index (χ4n) is 6.89. The van der Waals surface area contributed by atoms with Gasteiger partial charge in [0.15, 0.2) is 0 Å². The number of imidazole rings is 1. The fraction of sp³-hybridized carbons (Fsp3) is 0.424. The summed E-state index contributed by atoms with van der Waals surface area (Å²) in [6.45, 7) is 27.5. The van der Waals surface area contributed by atoms with Crippen molar-refractivity contribution in [2.45, 2.75) is 83.1 Å². The van der Waals surface area contributed by atoms with Gasteiger partial charge in [0.2, 0.25) is 0 Å². The highest BCUT2D eigenvalue weighted by atomic mass is 15.3. The summed E-state index contributed by atoms with van der Waals surface area (Å²) in [6, 6.07) is 0. The van der Waals surface area contributed by atoms with Crippen LogP contribution in [0.2, 0.25) is 0 Å². The molecule has 3 heteroatoms. The molecule has 0 saturated heterocycles. The third kappa shape index (κ3) is 2.72. The lowest BCUT2D eigenvalue weighted by Crippen LogP contribution is -2.34. The van der Waals surface area contributed by atoms with E-state index in [1.807, 2.05) is 0 Å². The SMILES string of the molecule is Cc1c(C)c(C)c2c(c1C)c1c(C)c(C)c(C)c(C)c1n2-c1n(C)c2c(C)c(C)c(C)c(C)c2[n+]1C. The molecule has 0 bridgehead atoms. The van der Waals surface area contributed by atoms with Gasteiger partial charge >= 0.3 is 5.95 Å². The lowest BCUT2D eigenvalue weighted by molar-refractivity contribution is -0.639. The zero-order chi connectivity index (χ0) is 26.7. The number of rotatable bonds is 1. The maximum absolute atomic E-state index is 2.60. The van der Waals surface area contributed by atoms with Crippen molar-refractivity contribution in [2.24, 2.45) is 14.1 Å². The van der Waals surface area contributed by atoms with Crippen LogP contribution in [0.25, 0.3) is 38.8 Å². The van der Waals surface area contributed by atoms with Gasteiger partial charge < -0.3 is 0 Å². The smallest absolute Gasteiger partial charge is 0.230 e. The van der Waals surface area contributed by atoms with E-state index in [0.717, 1.165) is 0 Å². The molecule has 0 amide bonds. The van der Waals surface area contributed by atoms with Crippen LogP contribution in [0.4, 0.5) is 0 Å². The highest BCUT2D eigenvalue weighted by molar-refractivity contribution is 6.15. The van der Waals surface area contributed by atoms with E-state index >= 15 is 0 Å². The van der Waals surface area contributed by atoms with Gasteiger partial charge in [-0.3, -0.25) is 0 Å². The van der Waals surface area contributed by atoms with Gasteiger partial charge in [0.25, 0.3) is 0 Å². The van der Waals surface area contributed by atoms with Crippen LogP contribution in [0.5, 0.6) is 0 Å². The van der Waals surface area contributed by atoms with E-state index in [1.54, 1.807) is 0 Å². The number of aryl methyl sites for hydroxylation is 8. The van der Waals surface area contributed by atoms with Crippen LogP contribution in [0.3, 0.4) is 0 Å². The highest BCUT2D eigenvalue weighted by Crippen LogP contribution is 2.43. The van der Waals surface area contributed by atoms with Crippen LogP contribution in [0.1, 0.15) is 66.8 Å². The number of hydrogen-bond acceptors (Lipinski definition) is 0. The molecule has 0 N–H and O–H groups in total. The van der Waals surface area contributed by atoms with Crippen molar-refractivity contribution in [3.8, 4) is 5.95 Å². The van der Waals surface area contributed by atoms with Gasteiger partial charge in [0.05, 0.1) is 14.1 Å². The zero-order valence-corrected chi connectivity index (χ0v) is 24.8. The number of hydrogen-bond donors (Lipinski definition) is 0. The Morgan fingerprint density at radius 3 is 1.17 bits per heavy atom. The van der Waals surface area contributed by atoms with Crippen molar-refractivity contribution in [3.05, 3.63) is 66.8 Å². The number of aromatic nitrogens is 3. The van der Waals surface area contributed by atoms with Crippen LogP contribution in [-0.4, -0.2) is 9.13 Å². The lowest BCUT2D eigenvalue weighted by Gasteiger charge is -2.12. The van der Waals surface area contributed by atoms with E-state index < -0.39 is 0 Å². The van der Waals surface area contributed by atoms with E-state index in [2.05, 4.69) is 111 Å². The summed E-state index contributed by atoms with van der Waals surface area (Å²) in [7, 11) is 4.51. The third-order valence-electron chi connectivity index (χ3n) is 10.1. The summed E-state index contributed by atoms with van der Waals surface area (Å²) >= 11 is 0. The molecule has 5 rings (SSSR count). The Kier molecular flexibility index (Phi) is 5.27. The van der Waals surface area contributed by atoms with Gasteiger partial charge in [0.1, 0.15) is 22.1 Å². The Morgan fingerprint density at radius 2 is 0.750 bits per heavy atom. The first-order valence-electron chi connectivity index (χ1n) is 13.2. The molecule has 0 unspecified atom stereocenters. The highest BCUT2D eigenvalue weighted by Gasteiger charge is 2.33. The van der Waals surface area contributed by atoms with Crippen molar-refractivity contribution in [2.75, 3.05) is 0 Å². The van der Waals surface area contributed by atoms with Crippen molar-refractivity contribution in [3.63, 3.8) is 0 Å². The second-order valence-corrected chi connectivity index (χ2v) is 11.4. The average molecular weight is 481 g/mol. The number of fused-ring (bicyclic) bond motifs is 4. The first-order valence-corrected chi connectivity index (χ1v) is 13.2. The summed E-state index contributed by atoms with van der Waals surface area (Å²) in [4.78, 5) is 0. The van der Waals surface area contributed by atoms with Crippen LogP contribution in [0, 0.1) is 83.1 Å². The molecule has 188 valence electrons. The summed E-state index contributed by atoms with van der Waals surface area (Å²) in [6.07, 6.45) is 0. The van der Waals surface area contributed by atoms with Crippen LogP contribution < -0.4 is 4.57 Å². The Balaban J connectivity index is 2.20. The second-order valence-electron chi connectivity index (χ2n) is 11.4. The molecule has 0 fully saturated rings. The molecule has 0 saturated carbocycles. The Hall–Kier alpha value is -3.07. The molecule has 2 aromatic heterocycles. The molecular weight excluding hydrogens is 438 g/mol. The van der Waals surface area contributed by atoms with Gasteiger partial charge in [-0.1, -0.05) is 0 Å². The molecule has 0 radical (unpaired) electrons. The largest absolute Gasteiger partial charge is 0.370 e. The van der Waals surface area contributed by atoms with Crippen molar-refractivity contribution in [1.29, 1.82) is 0 Å². The molecule has 2 heterocycles. The summed E-state index contributed by atoms with van der Waals surface area (Å²) in [5, 5.41) is 2.83. The van der Waals surface area contributed by atoms with E-state index in [1.165, 1.54) is 106 Å². The monoisotopic (exact) mass is 480 g/mol. The van der Waals surface area contributed by atoms with E-state index in [0.29, 0.717) is 0 Å². The average Bonchev–Trinajstić information content (AvgIpc) is 3.32. The van der Waals surface area contributed by atoms with Crippen molar-refractivity contribution < 1.29 is 4.57 Å². The molecular formula is C33H42N3+. The summed E-state index contributed by atoms with van der Waals surface area (Å²) in [5.41, 5.74) is 22.1. The summed E-state index contributed by atoms with van der Waals surface area (Å²) in [5.74, 6) is 1.22. The molecule has 0 aliphatic heterocycles. The van der Waals surface area contributed by atoms with Crippen LogP contribution in [0.15, 0.2) is 0 Å². The third-order valence-corrected chi connectivity index (χ3v) is 10.1. The topological polar surface area (TPSA) is 13.7 Å². The maximum atomic E-state index is 2.60. The molecule has 0 aliphatic rings. The minimum absolute atomic E-state index is 1.22. The van der Waals surface area contributed by atoms with E-state index in [9.17, 15) is 0 Å². The Labute approximate surface area is 216 Å². The predicted molar refractivity (Wildman–Crippen MR) is 155 cm³/mol. The molecule has 0 aliphatic carbocycles. The minimum Gasteiger partial charge on any atom is -0.230 e. The van der Waals surface area contributed by atoms with Crippen molar-refractivity contribution in [1.82, 2.24) is 9.13 Å². The van der Waals surface area contributed by atoms with Gasteiger partial charge in [-0.25, -0.2) is 9.13 Å². The molecule has 0 atom stereocenters. The quantitative estimate of drug-likeness (QED) is 0.217. The first-order chi connectivity index (χ1) is 16.7. The Bertz CT molecular complexity index is 1670.